The van der Waals surface area contributed by atoms with Crippen LogP contribution in [0.5, 0.6) is 0 Å². The molecule has 5 nitrogen and oxygen atoms in total. The second-order valence-electron chi connectivity index (χ2n) is 8.68. The van der Waals surface area contributed by atoms with Crippen LogP contribution in [0.3, 0.4) is 0 Å². The highest BCUT2D eigenvalue weighted by Gasteiger charge is 2.31. The predicted molar refractivity (Wildman–Crippen MR) is 117 cm³/mol. The zero-order chi connectivity index (χ0) is 20.3. The Kier molecular flexibility index (Phi) is 4.35. The maximum absolute atomic E-state index is 13.5. The maximum atomic E-state index is 13.5. The third-order valence-corrected chi connectivity index (χ3v) is 8.05. The average molecular weight is 410 g/mol. The topological polar surface area (TPSA) is 45.6 Å². The molecule has 2 aliphatic heterocycles. The van der Waals surface area contributed by atoms with E-state index in [0.29, 0.717) is 10.8 Å². The van der Waals surface area contributed by atoms with Crippen LogP contribution < -0.4 is 0 Å². The SMILES string of the molecule is CC(C)c1ccc2c3cn(c2c1)S(=O)(=O)c1cc(CN2CCN(C)CC2)ccc1-3. The molecule has 0 saturated carbocycles. The van der Waals surface area contributed by atoms with E-state index in [0.717, 1.165) is 65.9 Å². The molecule has 2 aromatic carbocycles. The molecule has 0 N–H and O–H groups in total. The highest BCUT2D eigenvalue weighted by atomic mass is 32.2. The zero-order valence-electron chi connectivity index (χ0n) is 17.2. The zero-order valence-corrected chi connectivity index (χ0v) is 18.0. The summed E-state index contributed by atoms with van der Waals surface area (Å²) in [5.41, 5.74) is 4.82. The van der Waals surface area contributed by atoms with Crippen molar-refractivity contribution in [3.05, 3.63) is 53.7 Å². The van der Waals surface area contributed by atoms with Gasteiger partial charge in [0.2, 0.25) is 0 Å². The predicted octanol–water partition coefficient (Wildman–Crippen LogP) is 3.73. The van der Waals surface area contributed by atoms with Gasteiger partial charge in [-0.05, 0) is 36.2 Å². The van der Waals surface area contributed by atoms with E-state index >= 15 is 0 Å². The van der Waals surface area contributed by atoms with E-state index in [4.69, 9.17) is 0 Å². The van der Waals surface area contributed by atoms with Gasteiger partial charge < -0.3 is 4.90 Å². The summed E-state index contributed by atoms with van der Waals surface area (Å²) in [6, 6.07) is 12.2. The Labute approximate surface area is 172 Å². The molecule has 1 saturated heterocycles. The van der Waals surface area contributed by atoms with Crippen LogP contribution in [0.4, 0.5) is 0 Å². The quantitative estimate of drug-likeness (QED) is 0.517. The molecule has 152 valence electrons. The number of aromatic nitrogens is 1. The van der Waals surface area contributed by atoms with Crippen molar-refractivity contribution in [2.75, 3.05) is 33.2 Å². The highest BCUT2D eigenvalue weighted by Crippen LogP contribution is 2.42. The molecule has 1 fully saturated rings. The molecule has 3 aromatic rings. The summed E-state index contributed by atoms with van der Waals surface area (Å²) in [6.45, 7) is 9.18. The van der Waals surface area contributed by atoms with Crippen molar-refractivity contribution in [2.24, 2.45) is 0 Å². The van der Waals surface area contributed by atoms with E-state index in [9.17, 15) is 8.42 Å². The summed E-state index contributed by atoms with van der Waals surface area (Å²) in [7, 11) is -1.45. The Hall–Kier alpha value is -2.15. The first kappa shape index (κ1) is 18.9. The van der Waals surface area contributed by atoms with Crippen molar-refractivity contribution in [3.8, 4) is 11.1 Å². The average Bonchev–Trinajstić information content (AvgIpc) is 3.06. The first-order chi connectivity index (χ1) is 13.8. The number of hydrogen-bond donors (Lipinski definition) is 0. The van der Waals surface area contributed by atoms with Crippen molar-refractivity contribution in [3.63, 3.8) is 0 Å². The number of nitrogens with zero attached hydrogens (tertiary/aromatic N) is 3. The maximum Gasteiger partial charge on any atom is 0.268 e. The normalized spacial score (nSPS) is 19.0. The summed E-state index contributed by atoms with van der Waals surface area (Å²) in [4.78, 5) is 5.16. The fourth-order valence-corrected chi connectivity index (χ4v) is 6.08. The van der Waals surface area contributed by atoms with Gasteiger partial charge in [-0.15, -0.1) is 0 Å². The van der Waals surface area contributed by atoms with E-state index in [1.807, 2.05) is 18.2 Å². The molecule has 0 unspecified atom stereocenters. The van der Waals surface area contributed by atoms with Gasteiger partial charge in [-0.3, -0.25) is 4.90 Å². The van der Waals surface area contributed by atoms with E-state index in [2.05, 4.69) is 48.9 Å². The first-order valence-corrected chi connectivity index (χ1v) is 11.7. The molecule has 3 heterocycles. The van der Waals surface area contributed by atoms with Crippen molar-refractivity contribution in [2.45, 2.75) is 31.2 Å². The summed E-state index contributed by atoms with van der Waals surface area (Å²) in [6.07, 6.45) is 1.78. The van der Waals surface area contributed by atoms with Gasteiger partial charge in [-0.25, -0.2) is 12.4 Å². The molecule has 0 aliphatic carbocycles. The van der Waals surface area contributed by atoms with Gasteiger partial charge in [0.05, 0.1) is 10.4 Å². The fourth-order valence-electron chi connectivity index (χ4n) is 4.46. The Morgan fingerprint density at radius 2 is 1.72 bits per heavy atom. The third-order valence-electron chi connectivity index (χ3n) is 6.34. The minimum Gasteiger partial charge on any atom is -0.304 e. The molecule has 0 spiro atoms. The number of hydrogen-bond acceptors (Lipinski definition) is 4. The van der Waals surface area contributed by atoms with Crippen molar-refractivity contribution < 1.29 is 8.42 Å². The Morgan fingerprint density at radius 3 is 2.45 bits per heavy atom. The number of likely N-dealkylation sites (N-methyl/N-ethyl adjacent to an activating group) is 1. The van der Waals surface area contributed by atoms with Crippen molar-refractivity contribution >= 4 is 20.9 Å². The molecule has 2 aliphatic rings. The molecular weight excluding hydrogens is 382 g/mol. The van der Waals surface area contributed by atoms with Gasteiger partial charge in [0, 0.05) is 55.4 Å². The van der Waals surface area contributed by atoms with Gasteiger partial charge in [-0.2, -0.15) is 0 Å². The van der Waals surface area contributed by atoms with Gasteiger partial charge in [0.1, 0.15) is 0 Å². The van der Waals surface area contributed by atoms with Gasteiger partial charge in [0.25, 0.3) is 10.0 Å². The Morgan fingerprint density at radius 1 is 0.966 bits per heavy atom. The molecule has 5 rings (SSSR count). The van der Waals surface area contributed by atoms with Crippen LogP contribution >= 0.6 is 0 Å². The number of rotatable bonds is 3. The van der Waals surface area contributed by atoms with Crippen LogP contribution in [-0.4, -0.2) is 55.4 Å². The molecule has 29 heavy (non-hydrogen) atoms. The summed E-state index contributed by atoms with van der Waals surface area (Å²) >= 11 is 0. The van der Waals surface area contributed by atoms with E-state index in [-0.39, 0.29) is 0 Å². The number of benzene rings is 2. The summed E-state index contributed by atoms with van der Waals surface area (Å²) in [5, 5.41) is 1.00. The molecular formula is C23H27N3O2S. The Bertz CT molecular complexity index is 1200. The lowest BCUT2D eigenvalue weighted by atomic mass is 9.99. The fraction of sp³-hybridized carbons (Fsp3) is 0.391. The minimum absolute atomic E-state index is 0.354. The minimum atomic E-state index is -3.59. The highest BCUT2D eigenvalue weighted by molar-refractivity contribution is 7.90. The third kappa shape index (κ3) is 3.01. The molecule has 0 atom stereocenters. The van der Waals surface area contributed by atoms with Gasteiger partial charge in [-0.1, -0.05) is 38.1 Å². The monoisotopic (exact) mass is 409 g/mol. The second-order valence-corrected chi connectivity index (χ2v) is 10.5. The lowest BCUT2D eigenvalue weighted by molar-refractivity contribution is 0.148. The number of piperazine rings is 1. The summed E-state index contributed by atoms with van der Waals surface area (Å²) in [5.74, 6) is 0.354. The van der Waals surface area contributed by atoms with Crippen LogP contribution in [0.2, 0.25) is 0 Å². The smallest absolute Gasteiger partial charge is 0.268 e. The van der Waals surface area contributed by atoms with Crippen LogP contribution in [-0.2, 0) is 16.6 Å². The van der Waals surface area contributed by atoms with Crippen LogP contribution in [0.1, 0.15) is 30.9 Å². The molecule has 6 heteroatoms. The first-order valence-electron chi connectivity index (χ1n) is 10.3. The van der Waals surface area contributed by atoms with E-state index in [1.54, 1.807) is 6.20 Å². The summed E-state index contributed by atoms with van der Waals surface area (Å²) < 4.78 is 28.4. The Balaban J connectivity index is 1.58. The van der Waals surface area contributed by atoms with Gasteiger partial charge >= 0.3 is 0 Å². The number of fused-ring (bicyclic) bond motifs is 7. The van der Waals surface area contributed by atoms with Crippen LogP contribution in [0.25, 0.3) is 22.0 Å². The van der Waals surface area contributed by atoms with Crippen LogP contribution in [0, 0.1) is 0 Å². The molecule has 0 radical (unpaired) electrons. The lowest BCUT2D eigenvalue weighted by Gasteiger charge is -2.32. The van der Waals surface area contributed by atoms with Crippen molar-refractivity contribution in [1.29, 1.82) is 0 Å². The molecule has 2 bridgehead atoms. The van der Waals surface area contributed by atoms with Crippen molar-refractivity contribution in [1.82, 2.24) is 13.8 Å². The van der Waals surface area contributed by atoms with Gasteiger partial charge in [0.15, 0.2) is 0 Å². The standard InChI is InChI=1S/C23H27N3O2S/c1-16(2)18-5-7-19-21-15-26(22(19)13-18)29(27,28)23-12-17(4-6-20(21)23)14-25-10-8-24(3)9-11-25/h4-7,12-13,15-16H,8-11,14H2,1-3H3. The van der Waals surface area contributed by atoms with Crippen LogP contribution in [0.15, 0.2) is 47.5 Å². The van der Waals surface area contributed by atoms with E-state index < -0.39 is 10.0 Å². The van der Waals surface area contributed by atoms with E-state index in [1.165, 1.54) is 3.97 Å². The second kappa shape index (κ2) is 6.69. The lowest BCUT2D eigenvalue weighted by Crippen LogP contribution is -2.43. The molecule has 1 aromatic heterocycles. The molecule has 0 amide bonds. The largest absolute Gasteiger partial charge is 0.304 e.